The van der Waals surface area contributed by atoms with Crippen molar-refractivity contribution in [2.75, 3.05) is 6.61 Å². The first-order chi connectivity index (χ1) is 5.70. The smallest absolute Gasteiger partial charge is 0.101 e. The Balaban J connectivity index is 3.09. The van der Waals surface area contributed by atoms with Crippen LogP contribution in [-0.4, -0.2) is 16.3 Å². The van der Waals surface area contributed by atoms with E-state index in [1.165, 1.54) is 0 Å². The molecule has 0 atom stereocenters. The second-order valence-electron chi connectivity index (χ2n) is 2.78. The van der Waals surface area contributed by atoms with Crippen LogP contribution in [0, 0.1) is 25.2 Å². The summed E-state index contributed by atoms with van der Waals surface area (Å²) in [5, 5.41) is 17.4. The van der Waals surface area contributed by atoms with Crippen LogP contribution >= 0.6 is 0 Å². The summed E-state index contributed by atoms with van der Waals surface area (Å²) in [7, 11) is 0. The Morgan fingerprint density at radius 3 is 2.67 bits per heavy atom. The Bertz CT molecular complexity index is 320. The highest BCUT2D eigenvalue weighted by molar-refractivity contribution is 5.39. The van der Waals surface area contributed by atoms with Gasteiger partial charge in [0.15, 0.2) is 0 Å². The highest BCUT2D eigenvalue weighted by atomic mass is 16.3. The maximum Gasteiger partial charge on any atom is 0.101 e. The molecule has 1 N–H and O–H groups in total. The van der Waals surface area contributed by atoms with Crippen molar-refractivity contribution in [3.63, 3.8) is 0 Å². The molecule has 0 fully saturated rings. The standard InChI is InChI=1S/C9H12N2O/c1-7-8(2)11(3-4-12)6-9(7)5-10/h6,12H,3-4H2,1-2H3. The van der Waals surface area contributed by atoms with E-state index in [1.807, 2.05) is 18.4 Å². The van der Waals surface area contributed by atoms with E-state index in [4.69, 9.17) is 10.4 Å². The summed E-state index contributed by atoms with van der Waals surface area (Å²) >= 11 is 0. The Hall–Kier alpha value is -1.27. The van der Waals surface area contributed by atoms with Crippen molar-refractivity contribution in [1.82, 2.24) is 4.57 Å². The third-order valence-electron chi connectivity index (χ3n) is 2.12. The van der Waals surface area contributed by atoms with Crippen LogP contribution < -0.4 is 0 Å². The third kappa shape index (κ3) is 1.34. The van der Waals surface area contributed by atoms with E-state index >= 15 is 0 Å². The number of hydrogen-bond acceptors (Lipinski definition) is 2. The van der Waals surface area contributed by atoms with E-state index in [9.17, 15) is 0 Å². The number of rotatable bonds is 2. The van der Waals surface area contributed by atoms with Gasteiger partial charge in [-0.1, -0.05) is 0 Å². The first-order valence-corrected chi connectivity index (χ1v) is 3.88. The zero-order valence-corrected chi connectivity index (χ0v) is 7.33. The molecule has 0 bridgehead atoms. The van der Waals surface area contributed by atoms with Gasteiger partial charge in [0.1, 0.15) is 6.07 Å². The quantitative estimate of drug-likeness (QED) is 0.708. The van der Waals surface area contributed by atoms with Crippen molar-refractivity contribution in [3.8, 4) is 6.07 Å². The highest BCUT2D eigenvalue weighted by Gasteiger charge is 2.06. The van der Waals surface area contributed by atoms with Gasteiger partial charge in [-0.15, -0.1) is 0 Å². The zero-order chi connectivity index (χ0) is 9.14. The predicted octanol–water partition coefficient (Wildman–Crippen LogP) is 0.969. The van der Waals surface area contributed by atoms with Gasteiger partial charge in [0.05, 0.1) is 12.2 Å². The summed E-state index contributed by atoms with van der Waals surface area (Å²) in [6.45, 7) is 4.54. The van der Waals surface area contributed by atoms with E-state index in [2.05, 4.69) is 6.07 Å². The fourth-order valence-electron chi connectivity index (χ4n) is 1.21. The number of aliphatic hydroxyl groups is 1. The molecule has 0 aliphatic rings. The second-order valence-corrected chi connectivity index (χ2v) is 2.78. The first kappa shape index (κ1) is 8.82. The molecule has 3 heteroatoms. The highest BCUT2D eigenvalue weighted by Crippen LogP contribution is 2.14. The maximum atomic E-state index is 8.71. The van der Waals surface area contributed by atoms with Crippen molar-refractivity contribution in [2.24, 2.45) is 0 Å². The summed E-state index contributed by atoms with van der Waals surface area (Å²) in [5.74, 6) is 0. The lowest BCUT2D eigenvalue weighted by atomic mass is 10.2. The van der Waals surface area contributed by atoms with Crippen molar-refractivity contribution in [2.45, 2.75) is 20.4 Å². The number of hydrogen-bond donors (Lipinski definition) is 1. The van der Waals surface area contributed by atoms with Crippen LogP contribution in [0.1, 0.15) is 16.8 Å². The Morgan fingerprint density at radius 1 is 1.58 bits per heavy atom. The minimum absolute atomic E-state index is 0.111. The largest absolute Gasteiger partial charge is 0.395 e. The lowest BCUT2D eigenvalue weighted by Crippen LogP contribution is -2.02. The molecule has 1 aromatic rings. The Kier molecular flexibility index (Phi) is 2.51. The summed E-state index contributed by atoms with van der Waals surface area (Å²) < 4.78 is 1.90. The number of nitrogens with zero attached hydrogens (tertiary/aromatic N) is 2. The van der Waals surface area contributed by atoms with E-state index in [0.29, 0.717) is 12.1 Å². The van der Waals surface area contributed by atoms with E-state index in [0.717, 1.165) is 11.3 Å². The van der Waals surface area contributed by atoms with Crippen LogP contribution in [0.2, 0.25) is 0 Å². The molecule has 0 saturated carbocycles. The fourth-order valence-corrected chi connectivity index (χ4v) is 1.21. The summed E-state index contributed by atoms with van der Waals surface area (Å²) in [6, 6.07) is 2.11. The molecule has 0 unspecified atom stereocenters. The van der Waals surface area contributed by atoms with Gasteiger partial charge in [0, 0.05) is 18.4 Å². The second kappa shape index (κ2) is 3.42. The molecule has 0 radical (unpaired) electrons. The van der Waals surface area contributed by atoms with Crippen LogP contribution in [0.4, 0.5) is 0 Å². The summed E-state index contributed by atoms with van der Waals surface area (Å²) in [4.78, 5) is 0. The molecule has 12 heavy (non-hydrogen) atoms. The first-order valence-electron chi connectivity index (χ1n) is 3.88. The Labute approximate surface area is 71.9 Å². The number of aliphatic hydroxyl groups excluding tert-OH is 1. The number of aromatic nitrogens is 1. The molecule has 0 aliphatic heterocycles. The molecular formula is C9H12N2O. The van der Waals surface area contributed by atoms with Crippen LogP contribution in [0.25, 0.3) is 0 Å². The molecule has 1 heterocycles. The van der Waals surface area contributed by atoms with Gasteiger partial charge >= 0.3 is 0 Å². The van der Waals surface area contributed by atoms with Crippen LogP contribution in [-0.2, 0) is 6.54 Å². The van der Waals surface area contributed by atoms with Gasteiger partial charge in [-0.2, -0.15) is 5.26 Å². The normalized spacial score (nSPS) is 9.83. The summed E-state index contributed by atoms with van der Waals surface area (Å²) in [6.07, 6.45) is 1.78. The fraction of sp³-hybridized carbons (Fsp3) is 0.444. The minimum atomic E-state index is 0.111. The molecule has 1 rings (SSSR count). The van der Waals surface area contributed by atoms with Gasteiger partial charge in [-0.05, 0) is 19.4 Å². The number of nitriles is 1. The molecular weight excluding hydrogens is 152 g/mol. The minimum Gasteiger partial charge on any atom is -0.395 e. The van der Waals surface area contributed by atoms with Gasteiger partial charge in [-0.25, -0.2) is 0 Å². The summed E-state index contributed by atoms with van der Waals surface area (Å²) in [5.41, 5.74) is 2.76. The van der Waals surface area contributed by atoms with E-state index in [1.54, 1.807) is 6.20 Å². The molecule has 0 aliphatic carbocycles. The molecule has 1 aromatic heterocycles. The maximum absolute atomic E-state index is 8.71. The average Bonchev–Trinajstić information content (AvgIpc) is 2.33. The van der Waals surface area contributed by atoms with Crippen molar-refractivity contribution >= 4 is 0 Å². The predicted molar refractivity (Wildman–Crippen MR) is 45.7 cm³/mol. The topological polar surface area (TPSA) is 49.0 Å². The van der Waals surface area contributed by atoms with Crippen LogP contribution in [0.5, 0.6) is 0 Å². The average molecular weight is 164 g/mol. The van der Waals surface area contributed by atoms with Crippen molar-refractivity contribution in [1.29, 1.82) is 5.26 Å². The molecule has 3 nitrogen and oxygen atoms in total. The SMILES string of the molecule is Cc1c(C#N)cn(CCO)c1C. The van der Waals surface area contributed by atoms with E-state index in [-0.39, 0.29) is 6.61 Å². The van der Waals surface area contributed by atoms with Gasteiger partial charge in [-0.3, -0.25) is 0 Å². The van der Waals surface area contributed by atoms with Crippen LogP contribution in [0.15, 0.2) is 6.20 Å². The molecule has 0 aromatic carbocycles. The van der Waals surface area contributed by atoms with E-state index < -0.39 is 0 Å². The Morgan fingerprint density at radius 2 is 2.25 bits per heavy atom. The lowest BCUT2D eigenvalue weighted by Gasteiger charge is -2.01. The molecule has 64 valence electrons. The van der Waals surface area contributed by atoms with Gasteiger partial charge in [0.25, 0.3) is 0 Å². The third-order valence-corrected chi connectivity index (χ3v) is 2.12. The van der Waals surface area contributed by atoms with Crippen molar-refractivity contribution in [3.05, 3.63) is 23.0 Å². The van der Waals surface area contributed by atoms with Crippen LogP contribution in [0.3, 0.4) is 0 Å². The zero-order valence-electron chi connectivity index (χ0n) is 7.33. The molecule has 0 amide bonds. The lowest BCUT2D eigenvalue weighted by molar-refractivity contribution is 0.275. The van der Waals surface area contributed by atoms with Crippen molar-refractivity contribution < 1.29 is 5.11 Å². The molecule has 0 spiro atoms. The van der Waals surface area contributed by atoms with Gasteiger partial charge in [0.2, 0.25) is 0 Å². The molecule has 0 saturated heterocycles. The van der Waals surface area contributed by atoms with Gasteiger partial charge < -0.3 is 9.67 Å². The monoisotopic (exact) mass is 164 g/mol.